The molecule has 1 aromatic heterocycles. The van der Waals surface area contributed by atoms with Crippen molar-refractivity contribution in [3.05, 3.63) is 35.2 Å². The third-order valence-corrected chi connectivity index (χ3v) is 6.00. The molecule has 1 saturated heterocycles. The van der Waals surface area contributed by atoms with Crippen molar-refractivity contribution in [1.82, 2.24) is 4.90 Å². The Balaban J connectivity index is 1.73. The van der Waals surface area contributed by atoms with E-state index in [2.05, 4.69) is 29.2 Å². The Labute approximate surface area is 111 Å². The lowest BCUT2D eigenvalue weighted by atomic mass is 10.2. The molecule has 18 heavy (non-hydrogen) atoms. The molecule has 0 atom stereocenters. The number of benzene rings is 1. The van der Waals surface area contributed by atoms with Crippen molar-refractivity contribution in [2.45, 2.75) is 6.54 Å². The lowest BCUT2D eigenvalue weighted by Gasteiger charge is -2.25. The van der Waals surface area contributed by atoms with E-state index in [1.165, 1.54) is 15.0 Å². The van der Waals surface area contributed by atoms with E-state index in [4.69, 9.17) is 0 Å². The molecule has 3 rings (SSSR count). The van der Waals surface area contributed by atoms with E-state index >= 15 is 0 Å². The van der Waals surface area contributed by atoms with Crippen LogP contribution in [0.15, 0.2) is 30.3 Å². The average molecular weight is 281 g/mol. The lowest BCUT2D eigenvalue weighted by molar-refractivity contribution is 0.290. The molecule has 0 spiro atoms. The van der Waals surface area contributed by atoms with Crippen LogP contribution >= 0.6 is 11.3 Å². The zero-order valence-corrected chi connectivity index (χ0v) is 11.6. The number of hydrogen-bond acceptors (Lipinski definition) is 4. The Hall–Kier alpha value is -0.910. The van der Waals surface area contributed by atoms with Crippen molar-refractivity contribution in [2.75, 3.05) is 24.6 Å². The lowest BCUT2D eigenvalue weighted by Crippen LogP contribution is -2.39. The predicted molar refractivity (Wildman–Crippen MR) is 75.8 cm³/mol. The third-order valence-electron chi connectivity index (χ3n) is 3.29. The summed E-state index contributed by atoms with van der Waals surface area (Å²) in [5.41, 5.74) is 0. The van der Waals surface area contributed by atoms with Gasteiger partial charge in [-0.1, -0.05) is 18.2 Å². The SMILES string of the molecule is O=S1(=O)CCN(Cc2cc3ccccc3s2)CC1. The van der Waals surface area contributed by atoms with Gasteiger partial charge in [0.25, 0.3) is 0 Å². The molecule has 1 aliphatic rings. The first kappa shape index (κ1) is 12.1. The van der Waals surface area contributed by atoms with Crippen LogP contribution in [-0.4, -0.2) is 37.9 Å². The number of sulfone groups is 1. The van der Waals surface area contributed by atoms with Gasteiger partial charge in [0.1, 0.15) is 0 Å². The molecule has 5 heteroatoms. The Bertz CT molecular complexity index is 613. The second-order valence-corrected chi connectivity index (χ2v) is 8.15. The molecule has 0 N–H and O–H groups in total. The summed E-state index contributed by atoms with van der Waals surface area (Å²) in [4.78, 5) is 3.54. The smallest absolute Gasteiger partial charge is 0.152 e. The molecule has 0 radical (unpaired) electrons. The highest BCUT2D eigenvalue weighted by molar-refractivity contribution is 7.91. The van der Waals surface area contributed by atoms with Gasteiger partial charge in [0.2, 0.25) is 0 Å². The zero-order valence-electron chi connectivity index (χ0n) is 10.0. The summed E-state index contributed by atoms with van der Waals surface area (Å²) >= 11 is 1.80. The Morgan fingerprint density at radius 3 is 2.61 bits per heavy atom. The van der Waals surface area contributed by atoms with E-state index in [1.54, 1.807) is 11.3 Å². The number of fused-ring (bicyclic) bond motifs is 1. The fraction of sp³-hybridized carbons (Fsp3) is 0.385. The van der Waals surface area contributed by atoms with Crippen LogP contribution in [0.4, 0.5) is 0 Å². The second-order valence-electron chi connectivity index (χ2n) is 4.68. The molecule has 2 heterocycles. The largest absolute Gasteiger partial charge is 0.296 e. The van der Waals surface area contributed by atoms with Gasteiger partial charge in [-0.3, -0.25) is 4.90 Å². The summed E-state index contributed by atoms with van der Waals surface area (Å²) in [6.07, 6.45) is 0. The minimum Gasteiger partial charge on any atom is -0.296 e. The van der Waals surface area contributed by atoms with Crippen molar-refractivity contribution in [3.63, 3.8) is 0 Å². The molecule has 0 aliphatic carbocycles. The number of nitrogens with zero attached hydrogens (tertiary/aromatic N) is 1. The van der Waals surface area contributed by atoms with Gasteiger partial charge in [-0.25, -0.2) is 8.42 Å². The normalized spacial score (nSPS) is 20.2. The molecule has 0 amide bonds. The van der Waals surface area contributed by atoms with Gasteiger partial charge in [0.15, 0.2) is 9.84 Å². The molecular formula is C13H15NO2S2. The molecule has 3 nitrogen and oxygen atoms in total. The number of thiophene rings is 1. The van der Waals surface area contributed by atoms with Crippen LogP contribution in [0.25, 0.3) is 10.1 Å². The van der Waals surface area contributed by atoms with E-state index in [1.807, 2.05) is 6.07 Å². The highest BCUT2D eigenvalue weighted by Crippen LogP contribution is 2.26. The van der Waals surface area contributed by atoms with Gasteiger partial charge >= 0.3 is 0 Å². The van der Waals surface area contributed by atoms with Crippen molar-refractivity contribution in [2.24, 2.45) is 0 Å². The molecule has 0 bridgehead atoms. The molecule has 96 valence electrons. The fourth-order valence-corrected chi connectivity index (χ4v) is 4.63. The van der Waals surface area contributed by atoms with Gasteiger partial charge in [-0.15, -0.1) is 11.3 Å². The number of rotatable bonds is 2. The molecule has 1 fully saturated rings. The minimum atomic E-state index is -2.77. The van der Waals surface area contributed by atoms with Crippen LogP contribution in [0.5, 0.6) is 0 Å². The quantitative estimate of drug-likeness (QED) is 0.846. The van der Waals surface area contributed by atoms with Crippen LogP contribution in [0, 0.1) is 0 Å². The van der Waals surface area contributed by atoms with Gasteiger partial charge in [0, 0.05) is 29.2 Å². The predicted octanol–water partition coefficient (Wildman–Crippen LogP) is 2.13. The zero-order chi connectivity index (χ0) is 12.6. The Kier molecular flexibility index (Phi) is 3.13. The topological polar surface area (TPSA) is 37.4 Å². The monoisotopic (exact) mass is 281 g/mol. The van der Waals surface area contributed by atoms with Crippen LogP contribution in [-0.2, 0) is 16.4 Å². The molecule has 0 unspecified atom stereocenters. The highest BCUT2D eigenvalue weighted by atomic mass is 32.2. The highest BCUT2D eigenvalue weighted by Gasteiger charge is 2.21. The van der Waals surface area contributed by atoms with E-state index in [0.29, 0.717) is 24.6 Å². The summed E-state index contributed by atoms with van der Waals surface area (Å²) in [5, 5.41) is 1.28. The van der Waals surface area contributed by atoms with Crippen molar-refractivity contribution >= 4 is 31.3 Å². The van der Waals surface area contributed by atoms with Crippen LogP contribution in [0.3, 0.4) is 0 Å². The number of hydrogen-bond donors (Lipinski definition) is 0. The maximum absolute atomic E-state index is 11.4. The minimum absolute atomic E-state index is 0.303. The first-order valence-corrected chi connectivity index (χ1v) is 8.66. The van der Waals surface area contributed by atoms with Gasteiger partial charge in [-0.05, 0) is 17.5 Å². The van der Waals surface area contributed by atoms with Gasteiger partial charge in [0.05, 0.1) is 11.5 Å². The molecular weight excluding hydrogens is 266 g/mol. The first-order chi connectivity index (χ1) is 8.62. The van der Waals surface area contributed by atoms with Gasteiger partial charge in [-0.2, -0.15) is 0 Å². The summed E-state index contributed by atoms with van der Waals surface area (Å²) in [6.45, 7) is 2.20. The van der Waals surface area contributed by atoms with E-state index in [0.717, 1.165) is 6.54 Å². The Morgan fingerprint density at radius 2 is 1.89 bits per heavy atom. The maximum Gasteiger partial charge on any atom is 0.152 e. The van der Waals surface area contributed by atoms with Crippen molar-refractivity contribution < 1.29 is 8.42 Å². The average Bonchev–Trinajstić information content (AvgIpc) is 2.74. The third kappa shape index (κ3) is 2.58. The molecule has 2 aromatic rings. The Morgan fingerprint density at radius 1 is 1.17 bits per heavy atom. The van der Waals surface area contributed by atoms with Crippen molar-refractivity contribution in [1.29, 1.82) is 0 Å². The van der Waals surface area contributed by atoms with E-state index in [9.17, 15) is 8.42 Å². The summed E-state index contributed by atoms with van der Waals surface area (Å²) in [5.74, 6) is 0.607. The van der Waals surface area contributed by atoms with Crippen LogP contribution in [0.1, 0.15) is 4.88 Å². The fourth-order valence-electron chi connectivity index (χ4n) is 2.24. The summed E-state index contributed by atoms with van der Waals surface area (Å²) in [6, 6.07) is 10.6. The summed E-state index contributed by atoms with van der Waals surface area (Å²) in [7, 11) is -2.77. The van der Waals surface area contributed by atoms with Crippen LogP contribution < -0.4 is 0 Å². The first-order valence-electron chi connectivity index (χ1n) is 6.03. The molecule has 0 saturated carbocycles. The summed E-state index contributed by atoms with van der Waals surface area (Å²) < 4.78 is 24.0. The van der Waals surface area contributed by atoms with E-state index in [-0.39, 0.29) is 0 Å². The second kappa shape index (κ2) is 4.64. The van der Waals surface area contributed by atoms with Gasteiger partial charge < -0.3 is 0 Å². The maximum atomic E-state index is 11.4. The van der Waals surface area contributed by atoms with Crippen molar-refractivity contribution in [3.8, 4) is 0 Å². The molecule has 1 aliphatic heterocycles. The van der Waals surface area contributed by atoms with E-state index < -0.39 is 9.84 Å². The molecule has 1 aromatic carbocycles. The standard InChI is InChI=1S/C13H15NO2S2/c15-18(16)7-5-14(6-8-18)10-12-9-11-3-1-2-4-13(11)17-12/h1-4,9H,5-8,10H2. The van der Waals surface area contributed by atoms with Crippen LogP contribution in [0.2, 0.25) is 0 Å².